The van der Waals surface area contributed by atoms with Crippen LogP contribution in [0.4, 0.5) is 0 Å². The van der Waals surface area contributed by atoms with Gasteiger partial charge in [0.15, 0.2) is 0 Å². The fourth-order valence-electron chi connectivity index (χ4n) is 1.82. The fraction of sp³-hybridized carbons (Fsp3) is 0.286. The van der Waals surface area contributed by atoms with E-state index in [1.807, 2.05) is 0 Å². The molecule has 0 aromatic carbocycles. The molecule has 0 aromatic heterocycles. The highest BCUT2D eigenvalue weighted by molar-refractivity contribution is 5.42. The van der Waals surface area contributed by atoms with Gasteiger partial charge in [-0.2, -0.15) is 0 Å². The van der Waals surface area contributed by atoms with Crippen molar-refractivity contribution in [2.45, 2.75) is 26.7 Å². The van der Waals surface area contributed by atoms with Gasteiger partial charge in [0, 0.05) is 0 Å². The van der Waals surface area contributed by atoms with Crippen LogP contribution in [0.2, 0.25) is 0 Å². The van der Waals surface area contributed by atoms with E-state index in [0.29, 0.717) is 0 Å². The summed E-state index contributed by atoms with van der Waals surface area (Å²) in [5, 5.41) is 0. The second-order valence-corrected chi connectivity index (χ2v) is 4.20. The average molecular weight is 184 g/mol. The minimum atomic E-state index is 1.12. The van der Waals surface area contributed by atoms with Crippen LogP contribution < -0.4 is 0 Å². The van der Waals surface area contributed by atoms with Crippen LogP contribution in [0.5, 0.6) is 0 Å². The van der Waals surface area contributed by atoms with Crippen molar-refractivity contribution in [2.24, 2.45) is 0 Å². The van der Waals surface area contributed by atoms with E-state index < -0.39 is 0 Å². The lowest BCUT2D eigenvalue weighted by atomic mass is 10.1. The minimum Gasteiger partial charge on any atom is -0.0689 e. The Kier molecular flexibility index (Phi) is 2.53. The van der Waals surface area contributed by atoms with Crippen LogP contribution >= 0.6 is 0 Å². The van der Waals surface area contributed by atoms with Gasteiger partial charge < -0.3 is 0 Å². The summed E-state index contributed by atoms with van der Waals surface area (Å²) >= 11 is 0. The standard InChI is InChI=1S/C14H16/c1-11-3-5-13(9-11)7-8-14-6-4-12(2)10-14/h3-8H,9-10H2,1-2H3/b8-7+. The molecule has 2 rings (SSSR count). The van der Waals surface area contributed by atoms with E-state index in [1.165, 1.54) is 22.3 Å². The van der Waals surface area contributed by atoms with Crippen molar-refractivity contribution in [3.05, 3.63) is 58.7 Å². The molecule has 0 saturated carbocycles. The topological polar surface area (TPSA) is 0 Å². The van der Waals surface area contributed by atoms with Crippen LogP contribution in [-0.4, -0.2) is 0 Å². The molecule has 0 heterocycles. The van der Waals surface area contributed by atoms with Gasteiger partial charge in [0.05, 0.1) is 0 Å². The molecule has 0 aromatic rings. The van der Waals surface area contributed by atoms with Crippen LogP contribution in [0.3, 0.4) is 0 Å². The third-order valence-electron chi connectivity index (χ3n) is 2.64. The predicted octanol–water partition coefficient (Wildman–Crippen LogP) is 4.10. The highest BCUT2D eigenvalue weighted by Crippen LogP contribution is 2.23. The Morgan fingerprint density at radius 1 is 0.786 bits per heavy atom. The van der Waals surface area contributed by atoms with Gasteiger partial charge in [-0.05, 0) is 37.8 Å². The minimum absolute atomic E-state index is 1.12. The van der Waals surface area contributed by atoms with Crippen LogP contribution in [0.1, 0.15) is 26.7 Å². The summed E-state index contributed by atoms with van der Waals surface area (Å²) in [7, 11) is 0. The summed E-state index contributed by atoms with van der Waals surface area (Å²) in [4.78, 5) is 0. The van der Waals surface area contributed by atoms with Crippen molar-refractivity contribution in [1.29, 1.82) is 0 Å². The third kappa shape index (κ3) is 2.14. The smallest absolute Gasteiger partial charge is 0.00668 e. The lowest BCUT2D eigenvalue weighted by Crippen LogP contribution is -1.77. The fourth-order valence-corrected chi connectivity index (χ4v) is 1.82. The lowest BCUT2D eigenvalue weighted by Gasteiger charge is -1.96. The molecule has 2 aliphatic rings. The summed E-state index contributed by atoms with van der Waals surface area (Å²) in [5.41, 5.74) is 5.76. The van der Waals surface area contributed by atoms with E-state index in [-0.39, 0.29) is 0 Å². The lowest BCUT2D eigenvalue weighted by molar-refractivity contribution is 1.17. The van der Waals surface area contributed by atoms with Gasteiger partial charge in [0.2, 0.25) is 0 Å². The zero-order valence-corrected chi connectivity index (χ0v) is 8.88. The first-order valence-electron chi connectivity index (χ1n) is 5.15. The zero-order valence-electron chi connectivity index (χ0n) is 8.88. The van der Waals surface area contributed by atoms with Gasteiger partial charge in [-0.25, -0.2) is 0 Å². The summed E-state index contributed by atoms with van der Waals surface area (Å²) in [6.45, 7) is 4.36. The summed E-state index contributed by atoms with van der Waals surface area (Å²) in [5.74, 6) is 0. The summed E-state index contributed by atoms with van der Waals surface area (Å²) in [6.07, 6.45) is 15.5. The Bertz CT molecular complexity index is 346. The molecule has 0 spiro atoms. The van der Waals surface area contributed by atoms with Crippen molar-refractivity contribution in [3.8, 4) is 0 Å². The molecule has 0 amide bonds. The SMILES string of the molecule is CC1=CC=C(/C=C/C2=CC=C(C)C2)C1. The molecule has 14 heavy (non-hydrogen) atoms. The molecule has 0 N–H and O–H groups in total. The van der Waals surface area contributed by atoms with Crippen LogP contribution in [0.25, 0.3) is 0 Å². The largest absolute Gasteiger partial charge is 0.0689 e. The van der Waals surface area contributed by atoms with Gasteiger partial charge in [0.25, 0.3) is 0 Å². The number of rotatable bonds is 2. The Hall–Kier alpha value is -1.30. The van der Waals surface area contributed by atoms with Crippen LogP contribution in [0.15, 0.2) is 58.7 Å². The van der Waals surface area contributed by atoms with Gasteiger partial charge >= 0.3 is 0 Å². The summed E-state index contributed by atoms with van der Waals surface area (Å²) < 4.78 is 0. The highest BCUT2D eigenvalue weighted by atomic mass is 14.1. The third-order valence-corrected chi connectivity index (χ3v) is 2.64. The van der Waals surface area contributed by atoms with Gasteiger partial charge in [-0.1, -0.05) is 47.6 Å². The average Bonchev–Trinajstić information content (AvgIpc) is 2.72. The van der Waals surface area contributed by atoms with Crippen molar-refractivity contribution in [1.82, 2.24) is 0 Å². The van der Waals surface area contributed by atoms with Crippen molar-refractivity contribution >= 4 is 0 Å². The maximum Gasteiger partial charge on any atom is -0.00668 e. The molecular weight excluding hydrogens is 168 g/mol. The van der Waals surface area contributed by atoms with E-state index >= 15 is 0 Å². The summed E-state index contributed by atoms with van der Waals surface area (Å²) in [6, 6.07) is 0. The predicted molar refractivity (Wildman–Crippen MR) is 62.1 cm³/mol. The van der Waals surface area contributed by atoms with E-state index in [4.69, 9.17) is 0 Å². The van der Waals surface area contributed by atoms with Crippen molar-refractivity contribution in [2.75, 3.05) is 0 Å². The zero-order chi connectivity index (χ0) is 9.97. The molecule has 0 radical (unpaired) electrons. The molecule has 0 nitrogen and oxygen atoms in total. The first-order valence-corrected chi connectivity index (χ1v) is 5.15. The number of hydrogen-bond donors (Lipinski definition) is 0. The molecule has 0 atom stereocenters. The van der Waals surface area contributed by atoms with E-state index in [0.717, 1.165) is 12.8 Å². The Labute approximate surface area is 86.0 Å². The van der Waals surface area contributed by atoms with Crippen LogP contribution in [0, 0.1) is 0 Å². The van der Waals surface area contributed by atoms with Crippen LogP contribution in [-0.2, 0) is 0 Å². The van der Waals surface area contributed by atoms with E-state index in [1.54, 1.807) is 0 Å². The Morgan fingerprint density at radius 3 is 1.50 bits per heavy atom. The van der Waals surface area contributed by atoms with Gasteiger partial charge in [-0.3, -0.25) is 0 Å². The highest BCUT2D eigenvalue weighted by Gasteiger charge is 2.03. The monoisotopic (exact) mass is 184 g/mol. The second kappa shape index (κ2) is 3.83. The molecule has 0 aliphatic heterocycles. The normalized spacial score (nSPS) is 21.0. The molecule has 0 unspecified atom stereocenters. The molecule has 2 aliphatic carbocycles. The molecule has 0 heteroatoms. The Morgan fingerprint density at radius 2 is 1.21 bits per heavy atom. The van der Waals surface area contributed by atoms with Crippen molar-refractivity contribution in [3.63, 3.8) is 0 Å². The van der Waals surface area contributed by atoms with E-state index in [2.05, 4.69) is 50.3 Å². The number of hydrogen-bond acceptors (Lipinski definition) is 0. The maximum atomic E-state index is 2.24. The first kappa shape index (κ1) is 9.26. The van der Waals surface area contributed by atoms with E-state index in [9.17, 15) is 0 Å². The molecule has 0 fully saturated rings. The number of allylic oxidation sites excluding steroid dienone is 10. The second-order valence-electron chi connectivity index (χ2n) is 4.20. The van der Waals surface area contributed by atoms with Gasteiger partial charge in [0.1, 0.15) is 0 Å². The first-order chi connectivity index (χ1) is 6.74. The molecule has 0 saturated heterocycles. The quantitative estimate of drug-likeness (QED) is 0.606. The molecule has 0 bridgehead atoms. The Balaban J connectivity index is 1.91. The molecule has 72 valence electrons. The van der Waals surface area contributed by atoms with Gasteiger partial charge in [-0.15, -0.1) is 0 Å². The maximum absolute atomic E-state index is 2.24. The van der Waals surface area contributed by atoms with Crippen molar-refractivity contribution < 1.29 is 0 Å². The molecular formula is C14H16.